The van der Waals surface area contributed by atoms with Crippen LogP contribution in [0.5, 0.6) is 0 Å². The third-order valence-electron chi connectivity index (χ3n) is 1.38. The average Bonchev–Trinajstić information content (AvgIpc) is 2.03. The molecule has 0 radical (unpaired) electrons. The summed E-state index contributed by atoms with van der Waals surface area (Å²) in [5, 5.41) is 0. The highest BCUT2D eigenvalue weighted by molar-refractivity contribution is 8.13. The van der Waals surface area contributed by atoms with Crippen LogP contribution in [0.15, 0.2) is 23.2 Å². The molecule has 1 aromatic heterocycles. The van der Waals surface area contributed by atoms with Crippen molar-refractivity contribution in [1.82, 2.24) is 4.98 Å². The van der Waals surface area contributed by atoms with Gasteiger partial charge in [0.1, 0.15) is 10.6 Å². The van der Waals surface area contributed by atoms with E-state index in [9.17, 15) is 13.2 Å². The van der Waals surface area contributed by atoms with Crippen molar-refractivity contribution in [3.8, 4) is 0 Å². The molecule has 0 amide bonds. The maximum Gasteiger partial charge on any atom is 0.262 e. The van der Waals surface area contributed by atoms with Gasteiger partial charge in [-0.1, -0.05) is 0 Å². The van der Waals surface area contributed by atoms with E-state index < -0.39 is 9.05 Å². The molecule has 0 saturated heterocycles. The zero-order chi connectivity index (χ0) is 10.1. The zero-order valence-electron chi connectivity index (χ0n) is 6.69. The van der Waals surface area contributed by atoms with Crippen LogP contribution in [0.4, 0.5) is 0 Å². The summed E-state index contributed by atoms with van der Waals surface area (Å²) in [6.45, 7) is 1.34. The van der Waals surface area contributed by atoms with E-state index in [0.29, 0.717) is 0 Å². The summed E-state index contributed by atoms with van der Waals surface area (Å²) in [7, 11) is 1.29. The number of hydrogen-bond donors (Lipinski definition) is 0. The van der Waals surface area contributed by atoms with Crippen molar-refractivity contribution >= 4 is 25.5 Å². The SMILES string of the molecule is CC(=O)c1ccc(S(=O)(=O)Cl)cn1. The number of hydrogen-bond acceptors (Lipinski definition) is 4. The summed E-state index contributed by atoms with van der Waals surface area (Å²) in [4.78, 5) is 14.3. The van der Waals surface area contributed by atoms with Gasteiger partial charge in [-0.15, -0.1) is 0 Å². The van der Waals surface area contributed by atoms with E-state index in [2.05, 4.69) is 4.98 Å². The van der Waals surface area contributed by atoms with Crippen molar-refractivity contribution in [2.45, 2.75) is 11.8 Å². The molecule has 0 aliphatic heterocycles. The second-order valence-corrected chi connectivity index (χ2v) is 4.94. The Kier molecular flexibility index (Phi) is 2.68. The molecule has 0 spiro atoms. The van der Waals surface area contributed by atoms with Crippen LogP contribution >= 0.6 is 10.7 Å². The van der Waals surface area contributed by atoms with Crippen LogP contribution in [0, 0.1) is 0 Å². The second-order valence-electron chi connectivity index (χ2n) is 2.37. The highest BCUT2D eigenvalue weighted by Crippen LogP contribution is 2.13. The molecule has 0 fully saturated rings. The number of carbonyl (C=O) groups is 1. The number of aromatic nitrogens is 1. The van der Waals surface area contributed by atoms with Gasteiger partial charge in [0.25, 0.3) is 9.05 Å². The van der Waals surface area contributed by atoms with Crippen molar-refractivity contribution in [3.63, 3.8) is 0 Å². The lowest BCUT2D eigenvalue weighted by atomic mass is 10.3. The number of pyridine rings is 1. The molecule has 4 nitrogen and oxygen atoms in total. The predicted octanol–water partition coefficient (Wildman–Crippen LogP) is 1.21. The van der Waals surface area contributed by atoms with E-state index in [1.807, 2.05) is 0 Å². The van der Waals surface area contributed by atoms with E-state index in [-0.39, 0.29) is 16.4 Å². The molecule has 0 aliphatic rings. The molecule has 0 bridgehead atoms. The Hall–Kier alpha value is -0.940. The molecule has 6 heteroatoms. The topological polar surface area (TPSA) is 64.1 Å². The zero-order valence-corrected chi connectivity index (χ0v) is 8.26. The lowest BCUT2D eigenvalue weighted by Crippen LogP contribution is -1.98. The van der Waals surface area contributed by atoms with Crippen molar-refractivity contribution in [1.29, 1.82) is 0 Å². The molecule has 13 heavy (non-hydrogen) atoms. The van der Waals surface area contributed by atoms with Crippen LogP contribution in [0.3, 0.4) is 0 Å². The Labute approximate surface area is 80.0 Å². The number of rotatable bonds is 2. The molecule has 1 aromatic rings. The van der Waals surface area contributed by atoms with E-state index in [1.54, 1.807) is 0 Å². The van der Waals surface area contributed by atoms with Crippen LogP contribution in [0.1, 0.15) is 17.4 Å². The van der Waals surface area contributed by atoms with Gasteiger partial charge in [0.15, 0.2) is 5.78 Å². The Morgan fingerprint density at radius 1 is 1.46 bits per heavy atom. The summed E-state index contributed by atoms with van der Waals surface area (Å²) in [5.74, 6) is -0.224. The van der Waals surface area contributed by atoms with Gasteiger partial charge in [0.2, 0.25) is 0 Å². The van der Waals surface area contributed by atoms with Crippen LogP contribution in [0.25, 0.3) is 0 Å². The third-order valence-corrected chi connectivity index (χ3v) is 2.72. The van der Waals surface area contributed by atoms with Gasteiger partial charge in [-0.2, -0.15) is 0 Å². The van der Waals surface area contributed by atoms with Gasteiger partial charge in [0.05, 0.1) is 0 Å². The minimum atomic E-state index is -3.75. The minimum absolute atomic E-state index is 0.112. The molecular formula is C7H6ClNO3S. The summed E-state index contributed by atoms with van der Waals surface area (Å²) < 4.78 is 21.5. The fourth-order valence-electron chi connectivity index (χ4n) is 0.733. The number of carbonyl (C=O) groups excluding carboxylic acids is 1. The summed E-state index contributed by atoms with van der Waals surface area (Å²) in [6, 6.07) is 2.56. The highest BCUT2D eigenvalue weighted by atomic mass is 35.7. The van der Waals surface area contributed by atoms with Crippen molar-refractivity contribution < 1.29 is 13.2 Å². The molecular weight excluding hydrogens is 214 g/mol. The van der Waals surface area contributed by atoms with Crippen molar-refractivity contribution in [2.24, 2.45) is 0 Å². The number of halogens is 1. The fraction of sp³-hybridized carbons (Fsp3) is 0.143. The Bertz CT molecular complexity index is 424. The first-order valence-corrected chi connectivity index (χ1v) is 5.64. The third kappa shape index (κ3) is 2.50. The lowest BCUT2D eigenvalue weighted by molar-refractivity contribution is 0.101. The lowest BCUT2D eigenvalue weighted by Gasteiger charge is -1.96. The highest BCUT2D eigenvalue weighted by Gasteiger charge is 2.10. The van der Waals surface area contributed by atoms with Crippen molar-refractivity contribution in [3.05, 3.63) is 24.0 Å². The molecule has 0 unspecified atom stereocenters. The molecule has 1 rings (SSSR count). The first kappa shape index (κ1) is 10.1. The Morgan fingerprint density at radius 3 is 2.38 bits per heavy atom. The van der Waals surface area contributed by atoms with Crippen LogP contribution in [-0.2, 0) is 9.05 Å². The van der Waals surface area contributed by atoms with Crippen molar-refractivity contribution in [2.75, 3.05) is 0 Å². The van der Waals surface area contributed by atoms with Gasteiger partial charge in [-0.25, -0.2) is 8.42 Å². The van der Waals surface area contributed by atoms with Gasteiger partial charge < -0.3 is 0 Å². The first-order valence-electron chi connectivity index (χ1n) is 3.33. The van der Waals surface area contributed by atoms with E-state index in [4.69, 9.17) is 10.7 Å². The Morgan fingerprint density at radius 2 is 2.08 bits per heavy atom. The minimum Gasteiger partial charge on any atom is -0.293 e. The number of nitrogens with zero attached hydrogens (tertiary/aromatic N) is 1. The summed E-state index contributed by atoms with van der Waals surface area (Å²) in [5.41, 5.74) is 0.212. The molecule has 70 valence electrons. The second kappa shape index (κ2) is 3.43. The quantitative estimate of drug-likeness (QED) is 0.554. The molecule has 0 aromatic carbocycles. The monoisotopic (exact) mass is 219 g/mol. The fourth-order valence-corrected chi connectivity index (χ4v) is 1.42. The average molecular weight is 220 g/mol. The van der Waals surface area contributed by atoms with Gasteiger partial charge in [-0.3, -0.25) is 9.78 Å². The van der Waals surface area contributed by atoms with E-state index in [0.717, 1.165) is 6.20 Å². The standard InChI is InChI=1S/C7H6ClNO3S/c1-5(10)7-3-2-6(4-9-7)13(8,11)12/h2-4H,1H3. The molecule has 0 N–H and O–H groups in total. The van der Waals surface area contributed by atoms with Gasteiger partial charge in [0, 0.05) is 23.8 Å². The summed E-state index contributed by atoms with van der Waals surface area (Å²) in [6.07, 6.45) is 1.05. The predicted molar refractivity (Wildman–Crippen MR) is 47.3 cm³/mol. The molecule has 1 heterocycles. The van der Waals surface area contributed by atoms with E-state index >= 15 is 0 Å². The summed E-state index contributed by atoms with van der Waals surface area (Å²) >= 11 is 0. The van der Waals surface area contributed by atoms with Crippen LogP contribution in [-0.4, -0.2) is 19.2 Å². The smallest absolute Gasteiger partial charge is 0.262 e. The molecule has 0 aliphatic carbocycles. The maximum atomic E-state index is 10.8. The van der Waals surface area contributed by atoms with E-state index in [1.165, 1.54) is 19.1 Å². The normalized spacial score (nSPS) is 11.2. The Balaban J connectivity index is 3.16. The molecule has 0 atom stereocenters. The number of ketones is 1. The van der Waals surface area contributed by atoms with Crippen LogP contribution < -0.4 is 0 Å². The first-order chi connectivity index (χ1) is 5.91. The maximum absolute atomic E-state index is 10.8. The molecule has 0 saturated carbocycles. The van der Waals surface area contributed by atoms with Gasteiger partial charge >= 0.3 is 0 Å². The number of Topliss-reactive ketones (excluding diaryl/α,β-unsaturated/α-hetero) is 1. The van der Waals surface area contributed by atoms with Crippen LogP contribution in [0.2, 0.25) is 0 Å². The van der Waals surface area contributed by atoms with Gasteiger partial charge in [-0.05, 0) is 12.1 Å². The largest absolute Gasteiger partial charge is 0.293 e.